The smallest absolute Gasteiger partial charge is 0.242 e. The van der Waals surface area contributed by atoms with Gasteiger partial charge >= 0.3 is 0 Å². The Morgan fingerprint density at radius 2 is 2.22 bits per heavy atom. The van der Waals surface area contributed by atoms with Gasteiger partial charge in [-0.2, -0.15) is 5.10 Å². The van der Waals surface area contributed by atoms with Gasteiger partial charge in [0.15, 0.2) is 0 Å². The van der Waals surface area contributed by atoms with E-state index in [4.69, 9.17) is 4.74 Å². The lowest BCUT2D eigenvalue weighted by Gasteiger charge is -2.19. The molecule has 0 aliphatic carbocycles. The summed E-state index contributed by atoms with van der Waals surface area (Å²) in [5, 5.41) is 10.1. The first-order valence-corrected chi connectivity index (χ1v) is 7.65. The summed E-state index contributed by atoms with van der Waals surface area (Å²) in [7, 11) is 3.58. The minimum absolute atomic E-state index is 0.0964. The van der Waals surface area contributed by atoms with E-state index in [1.54, 1.807) is 17.9 Å². The van der Waals surface area contributed by atoms with Crippen molar-refractivity contribution < 1.29 is 9.53 Å². The first kappa shape index (κ1) is 17.0. The van der Waals surface area contributed by atoms with Gasteiger partial charge in [0.25, 0.3) is 0 Å². The first-order chi connectivity index (χ1) is 11.0. The topological polar surface area (TPSA) is 68.2 Å². The molecular weight excluding hydrogens is 292 g/mol. The molecule has 0 spiro atoms. The van der Waals surface area contributed by atoms with Gasteiger partial charge in [0.05, 0.1) is 12.2 Å². The highest BCUT2D eigenvalue weighted by Crippen LogP contribution is 2.13. The van der Waals surface area contributed by atoms with Gasteiger partial charge in [-0.3, -0.25) is 9.48 Å². The first-order valence-electron chi connectivity index (χ1n) is 7.65. The third-order valence-corrected chi connectivity index (χ3v) is 3.49. The zero-order valence-electron chi connectivity index (χ0n) is 14.0. The summed E-state index contributed by atoms with van der Waals surface area (Å²) in [6, 6.07) is 7.33. The van der Waals surface area contributed by atoms with E-state index in [-0.39, 0.29) is 11.9 Å². The fourth-order valence-electron chi connectivity index (χ4n) is 2.33. The number of amides is 1. The molecule has 1 amide bonds. The van der Waals surface area contributed by atoms with Gasteiger partial charge in [-0.05, 0) is 38.6 Å². The fourth-order valence-corrected chi connectivity index (χ4v) is 2.33. The van der Waals surface area contributed by atoms with Crippen LogP contribution >= 0.6 is 0 Å². The van der Waals surface area contributed by atoms with Crippen molar-refractivity contribution >= 4 is 5.91 Å². The van der Waals surface area contributed by atoms with Crippen molar-refractivity contribution in [3.05, 3.63) is 47.8 Å². The molecule has 2 N–H and O–H groups in total. The zero-order chi connectivity index (χ0) is 16.8. The molecule has 2 atom stereocenters. The van der Waals surface area contributed by atoms with Gasteiger partial charge in [0.1, 0.15) is 18.4 Å². The minimum atomic E-state index is -0.426. The number of ether oxygens (including phenoxy) is 1. The van der Waals surface area contributed by atoms with Crippen LogP contribution in [0.4, 0.5) is 0 Å². The number of aromatic nitrogens is 2. The molecule has 23 heavy (non-hydrogen) atoms. The lowest BCUT2D eigenvalue weighted by atomic mass is 10.1. The van der Waals surface area contributed by atoms with Crippen molar-refractivity contribution in [3.63, 3.8) is 0 Å². The number of hydrogen-bond acceptors (Lipinski definition) is 4. The SMILES string of the molecule is CNC(C(=O)NC(C)COc1cccc(C)c1)c1cnn(C)c1. The number of rotatable bonds is 7. The zero-order valence-corrected chi connectivity index (χ0v) is 14.0. The predicted octanol–water partition coefficient (Wildman–Crippen LogP) is 1.57. The third kappa shape index (κ3) is 4.82. The largest absolute Gasteiger partial charge is 0.491 e. The fraction of sp³-hybridized carbons (Fsp3) is 0.412. The van der Waals surface area contributed by atoms with E-state index in [1.807, 2.05) is 51.4 Å². The number of carbonyl (C=O) groups is 1. The molecule has 1 aromatic carbocycles. The van der Waals surface area contributed by atoms with Crippen molar-refractivity contribution in [2.24, 2.45) is 7.05 Å². The monoisotopic (exact) mass is 316 g/mol. The summed E-state index contributed by atoms with van der Waals surface area (Å²) >= 11 is 0. The second-order valence-corrected chi connectivity index (χ2v) is 5.71. The summed E-state index contributed by atoms with van der Waals surface area (Å²) < 4.78 is 7.40. The average molecular weight is 316 g/mol. The van der Waals surface area contributed by atoms with E-state index in [1.165, 1.54) is 0 Å². The second kappa shape index (κ2) is 7.78. The molecule has 0 bridgehead atoms. The maximum atomic E-state index is 12.4. The Bertz CT molecular complexity index is 654. The summed E-state index contributed by atoms with van der Waals surface area (Å²) in [6.07, 6.45) is 3.52. The van der Waals surface area contributed by atoms with E-state index >= 15 is 0 Å². The Kier molecular flexibility index (Phi) is 5.76. The lowest BCUT2D eigenvalue weighted by Crippen LogP contribution is -2.42. The molecule has 1 heterocycles. The van der Waals surface area contributed by atoms with Crippen LogP contribution in [0, 0.1) is 6.92 Å². The van der Waals surface area contributed by atoms with Crippen molar-refractivity contribution in [2.45, 2.75) is 25.9 Å². The maximum Gasteiger partial charge on any atom is 0.242 e. The van der Waals surface area contributed by atoms with Crippen LogP contribution in [0.1, 0.15) is 24.1 Å². The Morgan fingerprint density at radius 3 is 2.83 bits per heavy atom. The molecule has 0 aliphatic rings. The van der Waals surface area contributed by atoms with Gasteiger partial charge < -0.3 is 15.4 Å². The van der Waals surface area contributed by atoms with Crippen LogP contribution in [0.3, 0.4) is 0 Å². The van der Waals surface area contributed by atoms with Crippen LogP contribution in [0.15, 0.2) is 36.7 Å². The number of benzene rings is 1. The van der Waals surface area contributed by atoms with E-state index in [0.717, 1.165) is 16.9 Å². The minimum Gasteiger partial charge on any atom is -0.491 e. The third-order valence-electron chi connectivity index (χ3n) is 3.49. The molecule has 0 aliphatic heterocycles. The lowest BCUT2D eigenvalue weighted by molar-refractivity contribution is -0.124. The number of nitrogens with one attached hydrogen (secondary N) is 2. The van der Waals surface area contributed by atoms with Gasteiger partial charge in [0.2, 0.25) is 5.91 Å². The molecule has 1 aromatic heterocycles. The normalized spacial score (nSPS) is 13.4. The number of hydrogen-bond donors (Lipinski definition) is 2. The Balaban J connectivity index is 1.88. The van der Waals surface area contributed by atoms with Crippen LogP contribution in [-0.2, 0) is 11.8 Å². The maximum absolute atomic E-state index is 12.4. The summed E-state index contributed by atoms with van der Waals surface area (Å²) in [6.45, 7) is 4.35. The molecule has 2 unspecified atom stereocenters. The molecular formula is C17H24N4O2. The molecule has 0 saturated carbocycles. The number of likely N-dealkylation sites (N-methyl/N-ethyl adjacent to an activating group) is 1. The van der Waals surface area contributed by atoms with Gasteiger partial charge in [-0.15, -0.1) is 0 Å². The number of nitrogens with zero attached hydrogens (tertiary/aromatic N) is 2. The Labute approximate surface area is 136 Å². The molecule has 6 heteroatoms. The van der Waals surface area contributed by atoms with Crippen molar-refractivity contribution in [3.8, 4) is 5.75 Å². The van der Waals surface area contributed by atoms with Crippen LogP contribution < -0.4 is 15.4 Å². The standard InChI is InChI=1S/C17H24N4O2/c1-12-6-5-7-15(8-12)23-11-13(2)20-17(22)16(18-3)14-9-19-21(4)10-14/h5-10,13,16,18H,11H2,1-4H3,(H,20,22). The van der Waals surface area contributed by atoms with E-state index in [2.05, 4.69) is 15.7 Å². The van der Waals surface area contributed by atoms with Crippen molar-refractivity contribution in [1.29, 1.82) is 0 Å². The molecule has 0 radical (unpaired) electrons. The average Bonchev–Trinajstić information content (AvgIpc) is 2.92. The van der Waals surface area contributed by atoms with E-state index in [9.17, 15) is 4.79 Å². The highest BCUT2D eigenvalue weighted by molar-refractivity contribution is 5.83. The molecule has 0 fully saturated rings. The van der Waals surface area contributed by atoms with Gasteiger partial charge in [0, 0.05) is 18.8 Å². The Morgan fingerprint density at radius 1 is 1.43 bits per heavy atom. The molecule has 2 rings (SSSR count). The van der Waals surface area contributed by atoms with E-state index < -0.39 is 6.04 Å². The van der Waals surface area contributed by atoms with Crippen LogP contribution in [0.5, 0.6) is 5.75 Å². The summed E-state index contributed by atoms with van der Waals surface area (Å²) in [5.41, 5.74) is 1.98. The van der Waals surface area contributed by atoms with E-state index in [0.29, 0.717) is 6.61 Å². The molecule has 6 nitrogen and oxygen atoms in total. The van der Waals surface area contributed by atoms with Gasteiger partial charge in [-0.25, -0.2) is 0 Å². The predicted molar refractivity (Wildman–Crippen MR) is 89.3 cm³/mol. The quantitative estimate of drug-likeness (QED) is 0.814. The summed E-state index contributed by atoms with van der Waals surface area (Å²) in [4.78, 5) is 12.4. The molecule has 2 aromatic rings. The number of carbonyl (C=O) groups excluding carboxylic acids is 1. The van der Waals surface area contributed by atoms with Crippen molar-refractivity contribution in [2.75, 3.05) is 13.7 Å². The highest BCUT2D eigenvalue weighted by atomic mass is 16.5. The number of aryl methyl sites for hydroxylation is 2. The Hall–Kier alpha value is -2.34. The highest BCUT2D eigenvalue weighted by Gasteiger charge is 2.21. The van der Waals surface area contributed by atoms with Crippen LogP contribution in [-0.4, -0.2) is 35.4 Å². The molecule has 124 valence electrons. The van der Waals surface area contributed by atoms with Crippen molar-refractivity contribution in [1.82, 2.24) is 20.4 Å². The van der Waals surface area contributed by atoms with Gasteiger partial charge in [-0.1, -0.05) is 12.1 Å². The van der Waals surface area contributed by atoms with Crippen LogP contribution in [0.2, 0.25) is 0 Å². The van der Waals surface area contributed by atoms with Crippen LogP contribution in [0.25, 0.3) is 0 Å². The summed E-state index contributed by atoms with van der Waals surface area (Å²) in [5.74, 6) is 0.712. The second-order valence-electron chi connectivity index (χ2n) is 5.71. The molecule has 0 saturated heterocycles.